The van der Waals surface area contributed by atoms with E-state index < -0.39 is 17.2 Å². The zero-order valence-corrected chi connectivity index (χ0v) is 12.9. The molecule has 0 bridgehead atoms. The fourth-order valence-corrected chi connectivity index (χ4v) is 2.57. The molecule has 126 valence electrons. The number of halogens is 3. The fourth-order valence-electron chi connectivity index (χ4n) is 2.00. The van der Waals surface area contributed by atoms with Gasteiger partial charge < -0.3 is 20.1 Å². The number of anilines is 1. The third-order valence-electron chi connectivity index (χ3n) is 2.98. The summed E-state index contributed by atoms with van der Waals surface area (Å²) in [7, 11) is 1.08. The lowest BCUT2D eigenvalue weighted by molar-refractivity contribution is -0.0328. The van der Waals surface area contributed by atoms with Crippen LogP contribution in [-0.4, -0.2) is 28.3 Å². The number of aromatic hydroxyl groups is 1. The summed E-state index contributed by atoms with van der Waals surface area (Å²) < 4.78 is 43.1. The van der Waals surface area contributed by atoms with E-state index in [1.807, 2.05) is 0 Å². The maximum Gasteiger partial charge on any atom is 0.446 e. The number of nitrogens with two attached hydrogens (primary N) is 1. The summed E-state index contributed by atoms with van der Waals surface area (Å²) in [6, 6.07) is 4.91. The number of carbonyl (C=O) groups is 1. The quantitative estimate of drug-likeness (QED) is 0.647. The van der Waals surface area contributed by atoms with Crippen LogP contribution in [0.5, 0.6) is 5.75 Å². The van der Waals surface area contributed by atoms with E-state index in [0.29, 0.717) is 0 Å². The molecule has 0 aliphatic rings. The maximum absolute atomic E-state index is 12.5. The second kappa shape index (κ2) is 6.37. The molecule has 0 amide bonds. The molecule has 0 saturated carbocycles. The van der Waals surface area contributed by atoms with Crippen molar-refractivity contribution in [1.82, 2.24) is 4.57 Å². The molecular formula is C14H10F3N3O3S. The van der Waals surface area contributed by atoms with Gasteiger partial charge >= 0.3 is 11.5 Å². The summed E-state index contributed by atoms with van der Waals surface area (Å²) in [6.45, 7) is 0. The summed E-state index contributed by atoms with van der Waals surface area (Å²) in [5, 5.41) is 19.0. The Morgan fingerprint density at radius 2 is 2.12 bits per heavy atom. The molecule has 24 heavy (non-hydrogen) atoms. The predicted molar refractivity (Wildman–Crippen MR) is 79.8 cm³/mol. The molecule has 1 heterocycles. The number of nitrogens with zero attached hydrogens (tertiary/aromatic N) is 2. The lowest BCUT2D eigenvalue weighted by atomic mass is 10.2. The van der Waals surface area contributed by atoms with Crippen LogP contribution in [0.3, 0.4) is 0 Å². The zero-order chi connectivity index (χ0) is 18.1. The van der Waals surface area contributed by atoms with Crippen LogP contribution in [0.15, 0.2) is 29.3 Å². The van der Waals surface area contributed by atoms with E-state index >= 15 is 0 Å². The number of rotatable bonds is 3. The van der Waals surface area contributed by atoms with Gasteiger partial charge in [-0.2, -0.15) is 18.4 Å². The summed E-state index contributed by atoms with van der Waals surface area (Å²) in [5.74, 6) is -1.30. The summed E-state index contributed by atoms with van der Waals surface area (Å²) in [4.78, 5) is 11.7. The molecule has 0 fully saturated rings. The minimum Gasteiger partial charge on any atom is -0.506 e. The SMILES string of the molecule is COC(=O)c1c(N)c(C#N)cn1-c1cc(SC(F)(F)F)ccc1O. The van der Waals surface area contributed by atoms with E-state index in [4.69, 9.17) is 11.0 Å². The van der Waals surface area contributed by atoms with Crippen molar-refractivity contribution in [3.8, 4) is 17.5 Å². The third-order valence-corrected chi connectivity index (χ3v) is 3.70. The molecule has 0 aliphatic heterocycles. The Balaban J connectivity index is 2.66. The molecule has 10 heteroatoms. The number of hydrogen-bond acceptors (Lipinski definition) is 6. The van der Waals surface area contributed by atoms with Gasteiger partial charge in [-0.1, -0.05) is 0 Å². The van der Waals surface area contributed by atoms with E-state index in [2.05, 4.69) is 4.74 Å². The first-order valence-electron chi connectivity index (χ1n) is 6.26. The molecule has 2 aromatic rings. The molecule has 1 aromatic carbocycles. The van der Waals surface area contributed by atoms with Gasteiger partial charge in [-0.25, -0.2) is 4.79 Å². The number of phenolic OH excluding ortho intramolecular Hbond substituents is 1. The number of alkyl halides is 3. The average molecular weight is 357 g/mol. The Hall–Kier alpha value is -2.80. The van der Waals surface area contributed by atoms with Gasteiger partial charge in [0.1, 0.15) is 11.8 Å². The van der Waals surface area contributed by atoms with Crippen LogP contribution in [0.25, 0.3) is 5.69 Å². The highest BCUT2D eigenvalue weighted by atomic mass is 32.2. The van der Waals surface area contributed by atoms with Crippen LogP contribution < -0.4 is 5.73 Å². The predicted octanol–water partition coefficient (Wildman–Crippen LogP) is 3.04. The van der Waals surface area contributed by atoms with E-state index in [1.54, 1.807) is 6.07 Å². The van der Waals surface area contributed by atoms with Gasteiger partial charge in [-0.15, -0.1) is 0 Å². The molecule has 0 aliphatic carbocycles. The minimum atomic E-state index is -4.52. The number of esters is 1. The lowest BCUT2D eigenvalue weighted by Gasteiger charge is -2.12. The number of nitrogen functional groups attached to an aromatic ring is 1. The largest absolute Gasteiger partial charge is 0.506 e. The molecule has 0 saturated heterocycles. The lowest BCUT2D eigenvalue weighted by Crippen LogP contribution is -2.11. The highest BCUT2D eigenvalue weighted by molar-refractivity contribution is 8.00. The van der Waals surface area contributed by atoms with Crippen LogP contribution >= 0.6 is 11.8 Å². The van der Waals surface area contributed by atoms with Gasteiger partial charge in [0.25, 0.3) is 0 Å². The van der Waals surface area contributed by atoms with Crippen molar-refractivity contribution in [3.63, 3.8) is 0 Å². The Bertz CT molecular complexity index is 840. The second-order valence-corrected chi connectivity index (χ2v) is 5.62. The minimum absolute atomic E-state index is 0.0799. The molecule has 6 nitrogen and oxygen atoms in total. The van der Waals surface area contributed by atoms with Gasteiger partial charge in [0.15, 0.2) is 5.69 Å². The van der Waals surface area contributed by atoms with Crippen LogP contribution in [0.1, 0.15) is 16.1 Å². The van der Waals surface area contributed by atoms with Crippen molar-refractivity contribution in [2.24, 2.45) is 0 Å². The topological polar surface area (TPSA) is 101 Å². The Morgan fingerprint density at radius 3 is 2.67 bits per heavy atom. The highest BCUT2D eigenvalue weighted by Gasteiger charge is 2.30. The number of hydrogen-bond donors (Lipinski definition) is 2. The monoisotopic (exact) mass is 357 g/mol. The number of thioether (sulfide) groups is 1. The van der Waals surface area contributed by atoms with E-state index in [-0.39, 0.29) is 39.3 Å². The number of methoxy groups -OCH3 is 1. The van der Waals surface area contributed by atoms with Crippen molar-refractivity contribution in [1.29, 1.82) is 5.26 Å². The van der Waals surface area contributed by atoms with Crippen molar-refractivity contribution < 1.29 is 27.8 Å². The van der Waals surface area contributed by atoms with Crippen LogP contribution in [-0.2, 0) is 4.74 Å². The van der Waals surface area contributed by atoms with Crippen LogP contribution in [0, 0.1) is 11.3 Å². The maximum atomic E-state index is 12.5. The second-order valence-electron chi connectivity index (χ2n) is 4.48. The summed E-state index contributed by atoms with van der Waals surface area (Å²) in [6.07, 6.45) is 1.14. The molecule has 1 aromatic heterocycles. The fraction of sp³-hybridized carbons (Fsp3) is 0.143. The molecule has 3 N–H and O–H groups in total. The summed E-state index contributed by atoms with van der Waals surface area (Å²) >= 11 is -0.382. The Labute approximate surface area is 138 Å². The van der Waals surface area contributed by atoms with Gasteiger partial charge in [0, 0.05) is 11.1 Å². The summed E-state index contributed by atoms with van der Waals surface area (Å²) in [5.41, 5.74) is 0.504. The smallest absolute Gasteiger partial charge is 0.446 e. The number of carbonyl (C=O) groups excluding carboxylic acids is 1. The third kappa shape index (κ3) is 3.41. The van der Waals surface area contributed by atoms with Crippen molar-refractivity contribution >= 4 is 23.4 Å². The molecule has 0 radical (unpaired) electrons. The van der Waals surface area contributed by atoms with E-state index in [1.165, 1.54) is 0 Å². The van der Waals surface area contributed by atoms with Crippen molar-refractivity contribution in [2.75, 3.05) is 12.8 Å². The normalized spacial score (nSPS) is 11.1. The zero-order valence-electron chi connectivity index (χ0n) is 12.1. The van der Waals surface area contributed by atoms with Gasteiger partial charge in [-0.3, -0.25) is 0 Å². The van der Waals surface area contributed by atoms with E-state index in [0.717, 1.165) is 36.1 Å². The number of ether oxygens (including phenoxy) is 1. The molecule has 0 atom stereocenters. The molecule has 0 unspecified atom stereocenters. The highest BCUT2D eigenvalue weighted by Crippen LogP contribution is 2.39. The number of nitriles is 1. The molecular weight excluding hydrogens is 347 g/mol. The number of benzene rings is 1. The standard InChI is InChI=1S/C14H10F3N3O3S/c1-23-13(22)12-11(19)7(5-18)6-20(12)9-4-8(2-3-10(9)21)24-14(15,16)17/h2-4,6,21H,19H2,1H3. The average Bonchev–Trinajstić information content (AvgIpc) is 2.83. The van der Waals surface area contributed by atoms with Gasteiger partial charge in [-0.05, 0) is 30.0 Å². The van der Waals surface area contributed by atoms with Crippen LogP contribution in [0.4, 0.5) is 18.9 Å². The van der Waals surface area contributed by atoms with E-state index in [9.17, 15) is 23.1 Å². The first-order chi connectivity index (χ1) is 11.2. The van der Waals surface area contributed by atoms with Crippen molar-refractivity contribution in [2.45, 2.75) is 10.4 Å². The van der Waals surface area contributed by atoms with Crippen molar-refractivity contribution in [3.05, 3.63) is 35.7 Å². The first kappa shape index (κ1) is 17.6. The Morgan fingerprint density at radius 1 is 1.46 bits per heavy atom. The first-order valence-corrected chi connectivity index (χ1v) is 7.08. The van der Waals surface area contributed by atoms with Crippen LogP contribution in [0.2, 0.25) is 0 Å². The molecule has 0 spiro atoms. The molecule has 2 rings (SSSR count). The number of phenols is 1. The number of aromatic nitrogens is 1. The van der Waals surface area contributed by atoms with Gasteiger partial charge in [0.05, 0.1) is 24.0 Å². The Kier molecular flexibility index (Phi) is 4.66. The van der Waals surface area contributed by atoms with Gasteiger partial charge in [0.2, 0.25) is 0 Å².